The average Bonchev–Trinajstić information content (AvgIpc) is 2.88. The molecular formula is C12H20N6. The number of aromatic nitrogens is 5. The normalized spacial score (nSPS) is 11.1. The highest BCUT2D eigenvalue weighted by atomic mass is 15.4. The van der Waals surface area contributed by atoms with E-state index in [1.165, 1.54) is 0 Å². The van der Waals surface area contributed by atoms with E-state index in [2.05, 4.69) is 33.7 Å². The first-order valence-electron chi connectivity index (χ1n) is 6.28. The standard InChI is InChI=1S/C12H20N6/c1-4-5-13-7-11-8-18(16-14-11)9-12-6-10(2)15-17(12)3/h6,8,13H,4-5,7,9H2,1-3H3. The van der Waals surface area contributed by atoms with Gasteiger partial charge < -0.3 is 5.32 Å². The lowest BCUT2D eigenvalue weighted by atomic mass is 10.3. The van der Waals surface area contributed by atoms with Gasteiger partial charge in [0.25, 0.3) is 0 Å². The molecule has 0 aliphatic heterocycles. The van der Waals surface area contributed by atoms with Crippen molar-refractivity contribution >= 4 is 0 Å². The van der Waals surface area contributed by atoms with Crippen LogP contribution in [0.15, 0.2) is 12.3 Å². The molecule has 0 unspecified atom stereocenters. The fraction of sp³-hybridized carbons (Fsp3) is 0.583. The van der Waals surface area contributed by atoms with Crippen molar-refractivity contribution < 1.29 is 0 Å². The van der Waals surface area contributed by atoms with Crippen molar-refractivity contribution in [1.82, 2.24) is 30.1 Å². The third kappa shape index (κ3) is 3.16. The smallest absolute Gasteiger partial charge is 0.0964 e. The van der Waals surface area contributed by atoms with Crippen molar-refractivity contribution in [1.29, 1.82) is 0 Å². The minimum atomic E-state index is 0.706. The number of aryl methyl sites for hydroxylation is 2. The van der Waals surface area contributed by atoms with Gasteiger partial charge in [-0.3, -0.25) is 4.68 Å². The van der Waals surface area contributed by atoms with Gasteiger partial charge in [0.2, 0.25) is 0 Å². The molecule has 0 saturated heterocycles. The number of rotatable bonds is 6. The molecular weight excluding hydrogens is 228 g/mol. The minimum Gasteiger partial charge on any atom is -0.311 e. The van der Waals surface area contributed by atoms with Crippen LogP contribution in [0.25, 0.3) is 0 Å². The predicted octanol–water partition coefficient (Wildman–Crippen LogP) is 0.868. The Morgan fingerprint density at radius 2 is 2.22 bits per heavy atom. The topological polar surface area (TPSA) is 60.6 Å². The maximum Gasteiger partial charge on any atom is 0.0964 e. The van der Waals surface area contributed by atoms with Crippen molar-refractivity contribution in [2.45, 2.75) is 33.4 Å². The van der Waals surface area contributed by atoms with Crippen LogP contribution in [0.4, 0.5) is 0 Å². The molecule has 6 nitrogen and oxygen atoms in total. The highest BCUT2D eigenvalue weighted by molar-refractivity contribution is 5.09. The molecule has 2 rings (SSSR count). The number of hydrogen-bond acceptors (Lipinski definition) is 4. The van der Waals surface area contributed by atoms with E-state index in [1.54, 1.807) is 0 Å². The molecule has 18 heavy (non-hydrogen) atoms. The van der Waals surface area contributed by atoms with E-state index in [-0.39, 0.29) is 0 Å². The first-order valence-corrected chi connectivity index (χ1v) is 6.28. The second kappa shape index (κ2) is 5.77. The van der Waals surface area contributed by atoms with Crippen LogP contribution >= 0.6 is 0 Å². The Bertz CT molecular complexity index is 498. The molecule has 0 aliphatic carbocycles. The third-order valence-electron chi connectivity index (χ3n) is 2.74. The molecule has 2 aromatic rings. The lowest BCUT2D eigenvalue weighted by Gasteiger charge is -2.00. The van der Waals surface area contributed by atoms with Crippen molar-refractivity contribution in [2.75, 3.05) is 6.54 Å². The summed E-state index contributed by atoms with van der Waals surface area (Å²) in [4.78, 5) is 0. The first kappa shape index (κ1) is 12.8. The molecule has 0 amide bonds. The largest absolute Gasteiger partial charge is 0.311 e. The van der Waals surface area contributed by atoms with E-state index in [4.69, 9.17) is 0 Å². The summed E-state index contributed by atoms with van der Waals surface area (Å²) in [6.45, 7) is 6.63. The summed E-state index contributed by atoms with van der Waals surface area (Å²) in [6, 6.07) is 2.07. The maximum absolute atomic E-state index is 4.32. The van der Waals surface area contributed by atoms with Crippen molar-refractivity contribution in [3.63, 3.8) is 0 Å². The van der Waals surface area contributed by atoms with Gasteiger partial charge in [-0.2, -0.15) is 5.10 Å². The van der Waals surface area contributed by atoms with Gasteiger partial charge >= 0.3 is 0 Å². The number of nitrogens with zero attached hydrogens (tertiary/aromatic N) is 5. The molecule has 6 heteroatoms. The number of hydrogen-bond donors (Lipinski definition) is 1. The van der Waals surface area contributed by atoms with E-state index >= 15 is 0 Å². The average molecular weight is 248 g/mol. The molecule has 2 aromatic heterocycles. The van der Waals surface area contributed by atoms with Crippen LogP contribution in [0, 0.1) is 6.92 Å². The van der Waals surface area contributed by atoms with E-state index in [0.717, 1.165) is 36.6 Å². The van der Waals surface area contributed by atoms with Crippen molar-refractivity contribution in [3.8, 4) is 0 Å². The van der Waals surface area contributed by atoms with E-state index in [9.17, 15) is 0 Å². The molecule has 0 spiro atoms. The summed E-state index contributed by atoms with van der Waals surface area (Å²) in [7, 11) is 1.95. The van der Waals surface area contributed by atoms with Crippen LogP contribution in [0.2, 0.25) is 0 Å². The van der Waals surface area contributed by atoms with Gasteiger partial charge in [0.1, 0.15) is 0 Å². The Hall–Kier alpha value is -1.69. The van der Waals surface area contributed by atoms with Gasteiger partial charge in [-0.15, -0.1) is 5.10 Å². The summed E-state index contributed by atoms with van der Waals surface area (Å²) >= 11 is 0. The minimum absolute atomic E-state index is 0.706. The molecule has 98 valence electrons. The van der Waals surface area contributed by atoms with Crippen LogP contribution in [-0.2, 0) is 20.1 Å². The molecule has 0 atom stereocenters. The molecule has 2 heterocycles. The van der Waals surface area contributed by atoms with Crippen molar-refractivity contribution in [2.24, 2.45) is 7.05 Å². The van der Waals surface area contributed by atoms with E-state index in [0.29, 0.717) is 6.54 Å². The second-order valence-corrected chi connectivity index (χ2v) is 4.48. The lowest BCUT2D eigenvalue weighted by molar-refractivity contribution is 0.599. The SMILES string of the molecule is CCCNCc1cn(Cc2cc(C)nn2C)nn1. The molecule has 1 N–H and O–H groups in total. The Kier molecular flexibility index (Phi) is 4.09. The summed E-state index contributed by atoms with van der Waals surface area (Å²) in [5, 5.41) is 15.9. The Labute approximate surface area is 107 Å². The quantitative estimate of drug-likeness (QED) is 0.771. The van der Waals surface area contributed by atoms with Crippen LogP contribution in [0.3, 0.4) is 0 Å². The molecule has 0 bridgehead atoms. The van der Waals surface area contributed by atoms with E-state index < -0.39 is 0 Å². The molecule has 0 aliphatic rings. The maximum atomic E-state index is 4.32. The highest BCUT2D eigenvalue weighted by Crippen LogP contribution is 2.04. The van der Waals surface area contributed by atoms with Gasteiger partial charge in [-0.05, 0) is 26.0 Å². The van der Waals surface area contributed by atoms with Gasteiger partial charge in [-0.25, -0.2) is 4.68 Å². The van der Waals surface area contributed by atoms with Gasteiger partial charge in [0.05, 0.1) is 29.8 Å². The fourth-order valence-electron chi connectivity index (χ4n) is 1.87. The molecule has 0 saturated carbocycles. The van der Waals surface area contributed by atoms with Crippen LogP contribution < -0.4 is 5.32 Å². The summed E-state index contributed by atoms with van der Waals surface area (Å²) in [5.74, 6) is 0. The predicted molar refractivity (Wildman–Crippen MR) is 69.1 cm³/mol. The van der Waals surface area contributed by atoms with Crippen LogP contribution in [-0.4, -0.2) is 31.3 Å². The Morgan fingerprint density at radius 1 is 1.39 bits per heavy atom. The van der Waals surface area contributed by atoms with Gasteiger partial charge in [-0.1, -0.05) is 12.1 Å². The van der Waals surface area contributed by atoms with Crippen LogP contribution in [0.1, 0.15) is 30.4 Å². The van der Waals surface area contributed by atoms with Gasteiger partial charge in [0, 0.05) is 13.6 Å². The Morgan fingerprint density at radius 3 is 2.89 bits per heavy atom. The van der Waals surface area contributed by atoms with Crippen LogP contribution in [0.5, 0.6) is 0 Å². The summed E-state index contributed by atoms with van der Waals surface area (Å²) in [5.41, 5.74) is 3.13. The monoisotopic (exact) mass is 248 g/mol. The summed E-state index contributed by atoms with van der Waals surface area (Å²) < 4.78 is 3.73. The zero-order valence-corrected chi connectivity index (χ0v) is 11.2. The fourth-order valence-corrected chi connectivity index (χ4v) is 1.87. The lowest BCUT2D eigenvalue weighted by Crippen LogP contribution is -2.13. The summed E-state index contributed by atoms with van der Waals surface area (Å²) in [6.07, 6.45) is 3.10. The molecule has 0 radical (unpaired) electrons. The van der Waals surface area contributed by atoms with Crippen molar-refractivity contribution in [3.05, 3.63) is 29.3 Å². The Balaban J connectivity index is 1.96. The number of nitrogens with one attached hydrogen (secondary N) is 1. The molecule has 0 aromatic carbocycles. The first-order chi connectivity index (χ1) is 8.69. The highest BCUT2D eigenvalue weighted by Gasteiger charge is 2.05. The zero-order valence-electron chi connectivity index (χ0n) is 11.2. The van der Waals surface area contributed by atoms with Gasteiger partial charge in [0.15, 0.2) is 0 Å². The molecule has 0 fully saturated rings. The third-order valence-corrected chi connectivity index (χ3v) is 2.74. The van der Waals surface area contributed by atoms with E-state index in [1.807, 2.05) is 29.5 Å². The second-order valence-electron chi connectivity index (χ2n) is 4.48. The zero-order chi connectivity index (χ0) is 13.0.